The molecule has 0 aliphatic carbocycles. The van der Waals surface area contributed by atoms with Crippen LogP contribution in [0.5, 0.6) is 0 Å². The summed E-state index contributed by atoms with van der Waals surface area (Å²) in [4.78, 5) is 26.4. The molecule has 0 fully saturated rings. The topological polar surface area (TPSA) is 111 Å². The molecule has 2 rings (SSSR count). The van der Waals surface area contributed by atoms with E-state index >= 15 is 0 Å². The maximum atomic E-state index is 12.0. The molecule has 0 aliphatic heterocycles. The number of aromatic nitrogens is 1. The van der Waals surface area contributed by atoms with Gasteiger partial charge in [-0.3, -0.25) is 14.9 Å². The smallest absolute Gasteiger partial charge is 0.293 e. The van der Waals surface area contributed by atoms with E-state index in [9.17, 15) is 14.9 Å². The average molecular weight is 292 g/mol. The van der Waals surface area contributed by atoms with E-state index in [2.05, 4.69) is 10.3 Å². The van der Waals surface area contributed by atoms with Crippen LogP contribution in [-0.4, -0.2) is 15.8 Å². The quantitative estimate of drug-likeness (QED) is 0.662. The molecule has 8 heteroatoms. The number of nitro benzene ring substituents is 1. The molecule has 0 atom stereocenters. The second-order valence-electron chi connectivity index (χ2n) is 4.06. The summed E-state index contributed by atoms with van der Waals surface area (Å²) in [6.07, 6.45) is 0. The number of carbonyl (C=O) groups is 1. The number of nitro groups is 1. The second kappa shape index (κ2) is 5.76. The Morgan fingerprint density at radius 2 is 2.30 bits per heavy atom. The first-order chi connectivity index (χ1) is 9.51. The number of amides is 1. The summed E-state index contributed by atoms with van der Waals surface area (Å²) in [7, 11) is 0. The Kier molecular flexibility index (Phi) is 4.06. The lowest BCUT2D eigenvalue weighted by molar-refractivity contribution is -0.384. The van der Waals surface area contributed by atoms with Crippen molar-refractivity contribution in [2.75, 3.05) is 5.32 Å². The van der Waals surface area contributed by atoms with Gasteiger partial charge in [-0.25, -0.2) is 4.98 Å². The summed E-state index contributed by atoms with van der Waals surface area (Å²) in [6.45, 7) is 2.00. The molecule has 2 aromatic rings. The average Bonchev–Trinajstić information content (AvgIpc) is 2.89. The molecule has 7 nitrogen and oxygen atoms in total. The zero-order chi connectivity index (χ0) is 14.7. The minimum atomic E-state index is -0.533. The van der Waals surface area contributed by atoms with Crippen LogP contribution in [0.2, 0.25) is 0 Å². The van der Waals surface area contributed by atoms with E-state index in [-0.39, 0.29) is 23.6 Å². The monoisotopic (exact) mass is 292 g/mol. The van der Waals surface area contributed by atoms with Crippen molar-refractivity contribution in [1.82, 2.24) is 4.98 Å². The fourth-order valence-corrected chi connectivity index (χ4v) is 2.25. The zero-order valence-electron chi connectivity index (χ0n) is 10.6. The molecule has 3 N–H and O–H groups in total. The van der Waals surface area contributed by atoms with Crippen molar-refractivity contribution in [3.63, 3.8) is 0 Å². The highest BCUT2D eigenvalue weighted by atomic mass is 32.1. The van der Waals surface area contributed by atoms with E-state index in [0.717, 1.165) is 5.56 Å². The first kappa shape index (κ1) is 14.1. The van der Waals surface area contributed by atoms with E-state index in [4.69, 9.17) is 5.73 Å². The molecule has 1 aromatic carbocycles. The van der Waals surface area contributed by atoms with Gasteiger partial charge in [0.2, 0.25) is 0 Å². The Bertz CT molecular complexity index is 668. The molecule has 0 bridgehead atoms. The molecule has 0 saturated heterocycles. The molecular weight excluding hydrogens is 280 g/mol. The summed E-state index contributed by atoms with van der Waals surface area (Å²) in [6, 6.07) is 4.60. The van der Waals surface area contributed by atoms with Crippen molar-refractivity contribution in [2.24, 2.45) is 5.73 Å². The summed E-state index contributed by atoms with van der Waals surface area (Å²) in [5.41, 5.74) is 6.37. The van der Waals surface area contributed by atoms with Crippen molar-refractivity contribution in [3.05, 3.63) is 50.0 Å². The maximum absolute atomic E-state index is 12.0. The van der Waals surface area contributed by atoms with Crippen molar-refractivity contribution < 1.29 is 9.72 Å². The Morgan fingerprint density at radius 1 is 1.55 bits per heavy atom. The van der Waals surface area contributed by atoms with E-state index in [1.165, 1.54) is 23.5 Å². The minimum Gasteiger partial charge on any atom is -0.325 e. The van der Waals surface area contributed by atoms with E-state index < -0.39 is 10.8 Å². The van der Waals surface area contributed by atoms with Gasteiger partial charge in [-0.05, 0) is 18.6 Å². The van der Waals surface area contributed by atoms with Crippen molar-refractivity contribution in [1.29, 1.82) is 0 Å². The van der Waals surface area contributed by atoms with Gasteiger partial charge >= 0.3 is 0 Å². The third-order valence-corrected chi connectivity index (χ3v) is 3.43. The van der Waals surface area contributed by atoms with Crippen LogP contribution in [0.3, 0.4) is 0 Å². The molecule has 0 saturated carbocycles. The molecule has 0 spiro atoms. The van der Waals surface area contributed by atoms with Gasteiger partial charge in [0.25, 0.3) is 11.6 Å². The molecule has 0 aliphatic rings. The molecular formula is C12H12N4O3S. The number of hydrogen-bond donors (Lipinski definition) is 2. The van der Waals surface area contributed by atoms with Gasteiger partial charge in [-0.1, -0.05) is 6.07 Å². The molecule has 1 amide bonds. The lowest BCUT2D eigenvalue weighted by Crippen LogP contribution is -2.14. The molecule has 20 heavy (non-hydrogen) atoms. The summed E-state index contributed by atoms with van der Waals surface area (Å²) in [5.74, 6) is -0.493. The zero-order valence-corrected chi connectivity index (χ0v) is 11.4. The molecule has 1 aromatic heterocycles. The van der Waals surface area contributed by atoms with Crippen LogP contribution in [0.1, 0.15) is 21.1 Å². The number of benzene rings is 1. The number of nitrogens with zero attached hydrogens (tertiary/aromatic N) is 2. The molecule has 0 unspecified atom stereocenters. The van der Waals surface area contributed by atoms with Crippen LogP contribution in [0, 0.1) is 17.0 Å². The minimum absolute atomic E-state index is 0.146. The SMILES string of the molecule is Cc1ccc(NC(=O)c2csc(CN)n2)c([N+](=O)[O-])c1. The van der Waals surface area contributed by atoms with E-state index in [1.807, 2.05) is 0 Å². The Morgan fingerprint density at radius 3 is 2.90 bits per heavy atom. The Hall–Kier alpha value is -2.32. The number of aryl methyl sites for hydroxylation is 1. The van der Waals surface area contributed by atoms with Crippen LogP contribution >= 0.6 is 11.3 Å². The molecule has 0 radical (unpaired) electrons. The second-order valence-corrected chi connectivity index (χ2v) is 5.01. The summed E-state index contributed by atoms with van der Waals surface area (Å²) in [5, 5.41) is 15.7. The molecule has 1 heterocycles. The van der Waals surface area contributed by atoms with Crippen LogP contribution in [0.15, 0.2) is 23.6 Å². The van der Waals surface area contributed by atoms with Crippen LogP contribution in [0.25, 0.3) is 0 Å². The number of carbonyl (C=O) groups excluding carboxylic acids is 1. The van der Waals surface area contributed by atoms with Crippen LogP contribution < -0.4 is 11.1 Å². The van der Waals surface area contributed by atoms with Gasteiger partial charge in [-0.2, -0.15) is 0 Å². The molecule has 104 valence electrons. The normalized spacial score (nSPS) is 10.3. The number of nitrogens with one attached hydrogen (secondary N) is 1. The predicted octanol–water partition coefficient (Wildman–Crippen LogP) is 2.07. The van der Waals surface area contributed by atoms with Crippen LogP contribution in [0.4, 0.5) is 11.4 Å². The Balaban J connectivity index is 2.25. The lowest BCUT2D eigenvalue weighted by Gasteiger charge is -2.05. The van der Waals surface area contributed by atoms with Gasteiger partial charge in [0.1, 0.15) is 16.4 Å². The first-order valence-corrected chi connectivity index (χ1v) is 6.60. The lowest BCUT2D eigenvalue weighted by atomic mass is 10.2. The van der Waals surface area contributed by atoms with Crippen molar-refractivity contribution in [2.45, 2.75) is 13.5 Å². The highest BCUT2D eigenvalue weighted by molar-refractivity contribution is 7.09. The number of thiazole rings is 1. The standard InChI is InChI=1S/C12H12N4O3S/c1-7-2-3-8(10(4-7)16(18)19)15-12(17)9-6-20-11(5-13)14-9/h2-4,6H,5,13H2,1H3,(H,15,17). The predicted molar refractivity (Wildman–Crippen MR) is 75.8 cm³/mol. The number of rotatable bonds is 4. The van der Waals surface area contributed by atoms with E-state index in [1.54, 1.807) is 18.4 Å². The fourth-order valence-electron chi connectivity index (χ4n) is 1.59. The van der Waals surface area contributed by atoms with E-state index in [0.29, 0.717) is 5.01 Å². The van der Waals surface area contributed by atoms with Crippen LogP contribution in [-0.2, 0) is 6.54 Å². The Labute approximate surface area is 118 Å². The first-order valence-electron chi connectivity index (χ1n) is 5.72. The van der Waals surface area contributed by atoms with Gasteiger partial charge in [0, 0.05) is 18.0 Å². The summed E-state index contributed by atoms with van der Waals surface area (Å²) < 4.78 is 0. The van der Waals surface area contributed by atoms with Crippen molar-refractivity contribution in [3.8, 4) is 0 Å². The summed E-state index contributed by atoms with van der Waals surface area (Å²) >= 11 is 1.27. The highest BCUT2D eigenvalue weighted by Gasteiger charge is 2.18. The maximum Gasteiger partial charge on any atom is 0.293 e. The number of anilines is 1. The third-order valence-electron chi connectivity index (χ3n) is 2.56. The van der Waals surface area contributed by atoms with Gasteiger partial charge in [0.15, 0.2) is 0 Å². The largest absolute Gasteiger partial charge is 0.325 e. The highest BCUT2D eigenvalue weighted by Crippen LogP contribution is 2.25. The van der Waals surface area contributed by atoms with Gasteiger partial charge in [0.05, 0.1) is 4.92 Å². The fraction of sp³-hybridized carbons (Fsp3) is 0.167. The van der Waals surface area contributed by atoms with Gasteiger partial charge < -0.3 is 11.1 Å². The third kappa shape index (κ3) is 2.98. The number of hydrogen-bond acceptors (Lipinski definition) is 6. The van der Waals surface area contributed by atoms with Gasteiger partial charge in [-0.15, -0.1) is 11.3 Å². The number of nitrogens with two attached hydrogens (primary N) is 1. The van der Waals surface area contributed by atoms with Crippen molar-refractivity contribution >= 4 is 28.6 Å².